The smallest absolute Gasteiger partial charge is 0.137 e. The molecule has 1 aromatic heterocycles. The molecule has 0 spiro atoms. The van der Waals surface area contributed by atoms with Crippen molar-refractivity contribution in [1.29, 1.82) is 0 Å². The maximum Gasteiger partial charge on any atom is 0.137 e. The third kappa shape index (κ3) is 5.34. The van der Waals surface area contributed by atoms with Gasteiger partial charge in [-0.15, -0.1) is 0 Å². The second-order valence-corrected chi connectivity index (χ2v) is 14.5. The Morgan fingerprint density at radius 2 is 0.875 bits per heavy atom. The molecule has 10 aromatic carbocycles. The topological polar surface area (TPSA) is 16.4 Å². The number of hydrogen-bond acceptors (Lipinski definition) is 2. The van der Waals surface area contributed by atoms with Gasteiger partial charge in [0.05, 0.1) is 11.1 Å². The SMILES string of the molecule is c1cc(-c2cccc3c2ccc2ccccc23)cc(N(c2ccc(-c3ccc(-c4cccc5ccccc45)cc3)cc2)c2cccc3oc4ccccc4c23)c1. The summed E-state index contributed by atoms with van der Waals surface area (Å²) in [6.07, 6.45) is 0. The van der Waals surface area contributed by atoms with Crippen molar-refractivity contribution in [3.05, 3.63) is 212 Å². The van der Waals surface area contributed by atoms with Gasteiger partial charge in [0, 0.05) is 16.8 Å². The predicted octanol–water partition coefficient (Wildman–Crippen LogP) is 15.5. The van der Waals surface area contributed by atoms with Crippen molar-refractivity contribution in [3.8, 4) is 33.4 Å². The van der Waals surface area contributed by atoms with E-state index in [1.165, 1.54) is 65.7 Å². The highest BCUT2D eigenvalue weighted by atomic mass is 16.3. The Morgan fingerprint density at radius 3 is 1.70 bits per heavy atom. The van der Waals surface area contributed by atoms with E-state index in [2.05, 4.69) is 211 Å². The molecule has 11 aromatic rings. The second-order valence-electron chi connectivity index (χ2n) is 14.5. The molecule has 0 aliphatic carbocycles. The van der Waals surface area contributed by atoms with E-state index in [0.717, 1.165) is 39.0 Å². The lowest BCUT2D eigenvalue weighted by atomic mass is 9.94. The third-order valence-electron chi connectivity index (χ3n) is 11.3. The highest BCUT2D eigenvalue weighted by Crippen LogP contribution is 2.44. The summed E-state index contributed by atoms with van der Waals surface area (Å²) < 4.78 is 6.41. The molecule has 2 nitrogen and oxygen atoms in total. The molecule has 262 valence electrons. The highest BCUT2D eigenvalue weighted by molar-refractivity contribution is 6.14. The van der Waals surface area contributed by atoms with Crippen LogP contribution in [0.3, 0.4) is 0 Å². The maximum absolute atomic E-state index is 6.41. The van der Waals surface area contributed by atoms with Crippen LogP contribution in [-0.4, -0.2) is 0 Å². The van der Waals surface area contributed by atoms with Crippen molar-refractivity contribution in [2.75, 3.05) is 4.90 Å². The van der Waals surface area contributed by atoms with Crippen LogP contribution < -0.4 is 4.90 Å². The zero-order valence-electron chi connectivity index (χ0n) is 30.6. The van der Waals surface area contributed by atoms with Gasteiger partial charge in [0.2, 0.25) is 0 Å². The Morgan fingerprint density at radius 1 is 0.304 bits per heavy atom. The minimum absolute atomic E-state index is 0.869. The molecule has 0 unspecified atom stereocenters. The second kappa shape index (κ2) is 13.2. The predicted molar refractivity (Wildman–Crippen MR) is 237 cm³/mol. The Bertz CT molecular complexity index is 3240. The first-order valence-corrected chi connectivity index (χ1v) is 19.2. The van der Waals surface area contributed by atoms with Gasteiger partial charge in [0.25, 0.3) is 0 Å². The molecule has 1 heterocycles. The summed E-state index contributed by atoms with van der Waals surface area (Å²) in [4.78, 5) is 2.38. The number of benzene rings is 10. The van der Waals surface area contributed by atoms with Gasteiger partial charge in [-0.25, -0.2) is 0 Å². The molecule has 0 saturated carbocycles. The quantitative estimate of drug-likeness (QED) is 0.160. The number of rotatable bonds is 6. The fraction of sp³-hybridized carbons (Fsp3) is 0. The average molecular weight is 714 g/mol. The van der Waals surface area contributed by atoms with Crippen molar-refractivity contribution in [2.24, 2.45) is 0 Å². The van der Waals surface area contributed by atoms with Crippen LogP contribution in [0.1, 0.15) is 0 Å². The van der Waals surface area contributed by atoms with Gasteiger partial charge in [0.1, 0.15) is 11.2 Å². The first kappa shape index (κ1) is 32.0. The van der Waals surface area contributed by atoms with Crippen LogP contribution in [0.2, 0.25) is 0 Å². The fourth-order valence-electron chi connectivity index (χ4n) is 8.60. The van der Waals surface area contributed by atoms with Crippen molar-refractivity contribution in [1.82, 2.24) is 0 Å². The Kier molecular flexibility index (Phi) is 7.53. The van der Waals surface area contributed by atoms with Crippen LogP contribution >= 0.6 is 0 Å². The van der Waals surface area contributed by atoms with Crippen LogP contribution in [-0.2, 0) is 0 Å². The lowest BCUT2D eigenvalue weighted by Crippen LogP contribution is -2.10. The van der Waals surface area contributed by atoms with Crippen LogP contribution in [0, 0.1) is 0 Å². The zero-order valence-corrected chi connectivity index (χ0v) is 30.6. The number of furan rings is 1. The minimum Gasteiger partial charge on any atom is -0.456 e. The molecule has 0 aliphatic heterocycles. The lowest BCUT2D eigenvalue weighted by molar-refractivity contribution is 0.669. The lowest BCUT2D eigenvalue weighted by Gasteiger charge is -2.27. The first-order valence-electron chi connectivity index (χ1n) is 19.2. The molecular formula is C54H35NO. The number of nitrogens with zero attached hydrogens (tertiary/aromatic N) is 1. The normalized spacial score (nSPS) is 11.6. The van der Waals surface area contributed by atoms with E-state index < -0.39 is 0 Å². The van der Waals surface area contributed by atoms with E-state index in [-0.39, 0.29) is 0 Å². The summed E-state index contributed by atoms with van der Waals surface area (Å²) >= 11 is 0. The van der Waals surface area contributed by atoms with E-state index in [4.69, 9.17) is 4.42 Å². The summed E-state index contributed by atoms with van der Waals surface area (Å²) in [6.45, 7) is 0. The number of anilines is 3. The average Bonchev–Trinajstić information content (AvgIpc) is 3.66. The van der Waals surface area contributed by atoms with Gasteiger partial charge < -0.3 is 9.32 Å². The summed E-state index contributed by atoms with van der Waals surface area (Å²) in [6, 6.07) is 76.5. The van der Waals surface area contributed by atoms with Gasteiger partial charge in [0.15, 0.2) is 0 Å². The van der Waals surface area contributed by atoms with E-state index >= 15 is 0 Å². The number of hydrogen-bond donors (Lipinski definition) is 0. The molecule has 56 heavy (non-hydrogen) atoms. The molecular weight excluding hydrogens is 679 g/mol. The van der Waals surface area contributed by atoms with E-state index in [9.17, 15) is 0 Å². The van der Waals surface area contributed by atoms with Gasteiger partial charge in [-0.1, -0.05) is 170 Å². The first-order chi connectivity index (χ1) is 27.8. The standard InChI is InChI=1S/C54H35NO/c1-3-16-44-38(11-1)13-8-19-45(44)40-27-25-36(26-28-40)37-29-32-42(33-30-37)55(51-22-10-24-53-54(51)50-18-5-6-23-52(50)56-53)43-15-7-14-41(35-43)47-20-9-21-48-46-17-4-2-12-39(46)31-34-49(47)48/h1-35H. The molecule has 0 aliphatic rings. The molecule has 0 bridgehead atoms. The fourth-order valence-corrected chi connectivity index (χ4v) is 8.60. The van der Waals surface area contributed by atoms with Crippen molar-refractivity contribution < 1.29 is 4.42 Å². The van der Waals surface area contributed by atoms with Crippen molar-refractivity contribution in [3.63, 3.8) is 0 Å². The Balaban J connectivity index is 1.03. The van der Waals surface area contributed by atoms with E-state index in [0.29, 0.717) is 0 Å². The van der Waals surface area contributed by atoms with Crippen LogP contribution in [0.5, 0.6) is 0 Å². The van der Waals surface area contributed by atoms with Crippen LogP contribution in [0.4, 0.5) is 17.1 Å². The number of para-hydroxylation sites is 1. The Labute approximate surface area is 325 Å². The van der Waals surface area contributed by atoms with Gasteiger partial charge in [-0.05, 0) is 108 Å². The molecule has 2 heteroatoms. The summed E-state index contributed by atoms with van der Waals surface area (Å²) in [7, 11) is 0. The van der Waals surface area contributed by atoms with Gasteiger partial charge in [-0.3, -0.25) is 0 Å². The van der Waals surface area contributed by atoms with Crippen molar-refractivity contribution >= 4 is 71.3 Å². The molecule has 0 amide bonds. The zero-order chi connectivity index (χ0) is 37.0. The molecule has 0 radical (unpaired) electrons. The molecule has 0 N–H and O–H groups in total. The van der Waals surface area contributed by atoms with Crippen LogP contribution in [0.15, 0.2) is 217 Å². The summed E-state index contributed by atoms with van der Waals surface area (Å²) in [5.41, 5.74) is 12.2. The van der Waals surface area contributed by atoms with Gasteiger partial charge >= 0.3 is 0 Å². The highest BCUT2D eigenvalue weighted by Gasteiger charge is 2.20. The molecule has 0 saturated heterocycles. The van der Waals surface area contributed by atoms with Crippen LogP contribution in [0.25, 0.3) is 87.6 Å². The third-order valence-corrected chi connectivity index (χ3v) is 11.3. The molecule has 0 fully saturated rings. The van der Waals surface area contributed by atoms with E-state index in [1.54, 1.807) is 0 Å². The summed E-state index contributed by atoms with van der Waals surface area (Å²) in [5.74, 6) is 0. The summed E-state index contributed by atoms with van der Waals surface area (Å²) in [5, 5.41) is 9.75. The Hall–Kier alpha value is -7.42. The van der Waals surface area contributed by atoms with Crippen molar-refractivity contribution in [2.45, 2.75) is 0 Å². The maximum atomic E-state index is 6.41. The monoisotopic (exact) mass is 713 g/mol. The van der Waals surface area contributed by atoms with Gasteiger partial charge in [-0.2, -0.15) is 0 Å². The molecule has 0 atom stereocenters. The largest absolute Gasteiger partial charge is 0.456 e. The minimum atomic E-state index is 0.869. The molecule has 11 rings (SSSR count). The van der Waals surface area contributed by atoms with E-state index in [1.807, 2.05) is 6.07 Å². The number of fused-ring (bicyclic) bond motifs is 7.